The highest BCUT2D eigenvalue weighted by atomic mass is 32.2. The van der Waals surface area contributed by atoms with E-state index in [0.29, 0.717) is 17.1 Å². The van der Waals surface area contributed by atoms with Gasteiger partial charge in [-0.15, -0.1) is 21.5 Å². The molecule has 0 aliphatic heterocycles. The van der Waals surface area contributed by atoms with Gasteiger partial charge in [-0.25, -0.2) is 4.40 Å². The number of nitrogens with zero attached hydrogens (tertiary/aromatic N) is 4. The first-order valence-corrected chi connectivity index (χ1v) is 10.3. The molecular formula is C17H22N4OS2. The summed E-state index contributed by atoms with van der Waals surface area (Å²) >= 11 is 3.33. The third-order valence-corrected chi connectivity index (χ3v) is 7.16. The maximum absolute atomic E-state index is 12.9. The lowest BCUT2D eigenvalue weighted by atomic mass is 9.72. The van der Waals surface area contributed by atoms with Crippen LogP contribution in [0.2, 0.25) is 0 Å². The number of fused-ring (bicyclic) bond motifs is 5. The molecule has 3 aromatic heterocycles. The molecule has 0 saturated heterocycles. The lowest BCUT2D eigenvalue weighted by Crippen LogP contribution is -2.27. The van der Waals surface area contributed by atoms with E-state index in [9.17, 15) is 4.79 Å². The fourth-order valence-electron chi connectivity index (χ4n) is 3.74. The number of aryl methyl sites for hydroxylation is 2. The molecule has 0 fully saturated rings. The van der Waals surface area contributed by atoms with E-state index in [1.54, 1.807) is 34.7 Å². The van der Waals surface area contributed by atoms with E-state index in [4.69, 9.17) is 0 Å². The van der Waals surface area contributed by atoms with Crippen LogP contribution >= 0.6 is 23.1 Å². The molecule has 1 aliphatic rings. The molecule has 4 rings (SSSR count). The van der Waals surface area contributed by atoms with Gasteiger partial charge >= 0.3 is 0 Å². The molecule has 0 aromatic carbocycles. The summed E-state index contributed by atoms with van der Waals surface area (Å²) in [5.41, 5.74) is 1.62. The van der Waals surface area contributed by atoms with Crippen molar-refractivity contribution in [3.63, 3.8) is 0 Å². The fraction of sp³-hybridized carbons (Fsp3) is 0.588. The minimum absolute atomic E-state index is 0.0595. The van der Waals surface area contributed by atoms with Gasteiger partial charge in [-0.2, -0.15) is 0 Å². The van der Waals surface area contributed by atoms with Gasteiger partial charge in [0.1, 0.15) is 4.83 Å². The first kappa shape index (κ1) is 16.1. The Morgan fingerprint density at radius 2 is 2.04 bits per heavy atom. The van der Waals surface area contributed by atoms with Crippen molar-refractivity contribution in [3.8, 4) is 0 Å². The van der Waals surface area contributed by atoms with E-state index < -0.39 is 0 Å². The number of rotatable bonds is 1. The van der Waals surface area contributed by atoms with E-state index >= 15 is 0 Å². The molecule has 128 valence electrons. The molecule has 3 heterocycles. The predicted octanol–water partition coefficient (Wildman–Crippen LogP) is 3.52. The zero-order valence-electron chi connectivity index (χ0n) is 14.7. The van der Waals surface area contributed by atoms with Gasteiger partial charge < -0.3 is 0 Å². The molecule has 5 nitrogen and oxygen atoms in total. The molecule has 0 amide bonds. The van der Waals surface area contributed by atoms with Gasteiger partial charge in [-0.1, -0.05) is 32.5 Å². The Morgan fingerprint density at radius 1 is 1.29 bits per heavy atom. The first-order valence-electron chi connectivity index (χ1n) is 8.25. The molecule has 1 atom stereocenters. The molecule has 0 bridgehead atoms. The Bertz CT molecular complexity index is 1010. The number of hydrogen-bond acceptors (Lipinski definition) is 5. The average molecular weight is 363 g/mol. The van der Waals surface area contributed by atoms with Gasteiger partial charge in [0.15, 0.2) is 5.16 Å². The maximum Gasteiger partial charge on any atom is 0.263 e. The Kier molecular flexibility index (Phi) is 3.58. The minimum Gasteiger partial charge on any atom is -0.279 e. The van der Waals surface area contributed by atoms with Gasteiger partial charge in [-0.05, 0) is 42.4 Å². The Hall–Kier alpha value is -1.34. The highest BCUT2D eigenvalue weighted by Gasteiger charge is 2.32. The van der Waals surface area contributed by atoms with Crippen LogP contribution in [0.15, 0.2) is 9.95 Å². The summed E-state index contributed by atoms with van der Waals surface area (Å²) in [6.45, 7) is 6.95. The van der Waals surface area contributed by atoms with Crippen molar-refractivity contribution in [1.29, 1.82) is 0 Å². The fourth-order valence-corrected chi connectivity index (χ4v) is 5.69. The topological polar surface area (TPSA) is 52.2 Å². The monoisotopic (exact) mass is 362 g/mol. The SMILES string of the molecule is CSc1nnc2n(C)c(=O)c3c4c(sc3n12)C[C@H](C(C)(C)C)CC4. The van der Waals surface area contributed by atoms with Crippen molar-refractivity contribution in [1.82, 2.24) is 19.2 Å². The van der Waals surface area contributed by atoms with Crippen LogP contribution in [-0.2, 0) is 19.9 Å². The summed E-state index contributed by atoms with van der Waals surface area (Å²) < 4.78 is 3.69. The van der Waals surface area contributed by atoms with Crippen LogP contribution in [-0.4, -0.2) is 25.4 Å². The Balaban J connectivity index is 2.03. The molecule has 0 N–H and O–H groups in total. The second kappa shape index (κ2) is 5.33. The molecule has 0 spiro atoms. The van der Waals surface area contributed by atoms with E-state index in [0.717, 1.165) is 34.6 Å². The van der Waals surface area contributed by atoms with E-state index in [1.807, 2.05) is 6.26 Å². The van der Waals surface area contributed by atoms with Crippen LogP contribution in [0.3, 0.4) is 0 Å². The first-order chi connectivity index (χ1) is 11.3. The van der Waals surface area contributed by atoms with Crippen molar-refractivity contribution in [2.45, 2.75) is 45.2 Å². The van der Waals surface area contributed by atoms with Gasteiger partial charge in [-0.3, -0.25) is 9.36 Å². The average Bonchev–Trinajstić information content (AvgIpc) is 3.11. The largest absolute Gasteiger partial charge is 0.279 e. The molecule has 1 aliphatic carbocycles. The quantitative estimate of drug-likeness (QED) is 0.622. The van der Waals surface area contributed by atoms with E-state index in [1.165, 1.54) is 10.4 Å². The lowest BCUT2D eigenvalue weighted by Gasteiger charge is -2.33. The third kappa shape index (κ3) is 2.17. The number of aromatic nitrogens is 4. The summed E-state index contributed by atoms with van der Waals surface area (Å²) in [7, 11) is 1.79. The zero-order chi connectivity index (χ0) is 17.2. The van der Waals surface area contributed by atoms with Crippen molar-refractivity contribution in [3.05, 3.63) is 20.8 Å². The van der Waals surface area contributed by atoms with Gasteiger partial charge in [0.2, 0.25) is 5.78 Å². The van der Waals surface area contributed by atoms with E-state index in [-0.39, 0.29) is 5.56 Å². The normalized spacial score (nSPS) is 18.5. The van der Waals surface area contributed by atoms with Crippen LogP contribution in [0.25, 0.3) is 16.0 Å². The predicted molar refractivity (Wildman–Crippen MR) is 100 cm³/mol. The van der Waals surface area contributed by atoms with Crippen LogP contribution in [0, 0.1) is 11.3 Å². The number of hydrogen-bond donors (Lipinski definition) is 0. The second-order valence-corrected chi connectivity index (χ2v) is 9.53. The van der Waals surface area contributed by atoms with Crippen LogP contribution in [0.4, 0.5) is 0 Å². The van der Waals surface area contributed by atoms with Gasteiger partial charge in [0.25, 0.3) is 5.56 Å². The van der Waals surface area contributed by atoms with Gasteiger partial charge in [0.05, 0.1) is 5.39 Å². The number of thiophene rings is 1. The van der Waals surface area contributed by atoms with Crippen LogP contribution in [0.5, 0.6) is 0 Å². The summed E-state index contributed by atoms with van der Waals surface area (Å²) in [6, 6.07) is 0. The molecular weight excluding hydrogens is 340 g/mol. The Labute approximate surface area is 149 Å². The highest BCUT2D eigenvalue weighted by molar-refractivity contribution is 7.98. The van der Waals surface area contributed by atoms with Crippen molar-refractivity contribution < 1.29 is 0 Å². The smallest absolute Gasteiger partial charge is 0.263 e. The van der Waals surface area contributed by atoms with Crippen molar-refractivity contribution >= 4 is 39.1 Å². The third-order valence-electron chi connectivity index (χ3n) is 5.29. The summed E-state index contributed by atoms with van der Waals surface area (Å²) in [5.74, 6) is 1.29. The minimum atomic E-state index is 0.0595. The molecule has 0 unspecified atom stereocenters. The van der Waals surface area contributed by atoms with Crippen molar-refractivity contribution in [2.75, 3.05) is 6.26 Å². The lowest BCUT2D eigenvalue weighted by molar-refractivity contribution is 0.218. The zero-order valence-corrected chi connectivity index (χ0v) is 16.3. The molecule has 7 heteroatoms. The molecule has 3 aromatic rings. The Morgan fingerprint density at radius 3 is 2.71 bits per heavy atom. The van der Waals surface area contributed by atoms with Gasteiger partial charge in [0, 0.05) is 11.9 Å². The molecule has 0 saturated carbocycles. The second-order valence-electron chi connectivity index (χ2n) is 7.68. The van der Waals surface area contributed by atoms with Crippen molar-refractivity contribution in [2.24, 2.45) is 18.4 Å². The standard InChI is InChI=1S/C17H22N4OS2/c1-17(2,3)9-6-7-10-11(8-9)24-14-12(10)13(22)20(4)15-18-19-16(23-5)21(14)15/h9H,6-8H2,1-5H3/t9-/m1/s1. The number of thioether (sulfide) groups is 1. The summed E-state index contributed by atoms with van der Waals surface area (Å²) in [5, 5.41) is 10.2. The summed E-state index contributed by atoms with van der Waals surface area (Å²) in [4.78, 5) is 15.3. The maximum atomic E-state index is 12.9. The summed E-state index contributed by atoms with van der Waals surface area (Å²) in [6.07, 6.45) is 5.21. The van der Waals surface area contributed by atoms with Crippen LogP contribution < -0.4 is 5.56 Å². The van der Waals surface area contributed by atoms with Crippen LogP contribution in [0.1, 0.15) is 37.6 Å². The van der Waals surface area contributed by atoms with E-state index in [2.05, 4.69) is 35.4 Å². The highest BCUT2D eigenvalue weighted by Crippen LogP contribution is 2.42. The molecule has 0 radical (unpaired) electrons. The molecule has 24 heavy (non-hydrogen) atoms.